The predicted octanol–water partition coefficient (Wildman–Crippen LogP) is 1.61. The minimum absolute atomic E-state index is 0.172. The lowest BCUT2D eigenvalue weighted by atomic mass is 9.75. The van der Waals surface area contributed by atoms with E-state index in [9.17, 15) is 0 Å². The van der Waals surface area contributed by atoms with Crippen molar-refractivity contribution in [1.29, 1.82) is 0 Å². The van der Waals surface area contributed by atoms with Crippen LogP contribution in [0.25, 0.3) is 0 Å². The summed E-state index contributed by atoms with van der Waals surface area (Å²) in [5.41, 5.74) is 6.43. The van der Waals surface area contributed by atoms with Gasteiger partial charge in [0.2, 0.25) is 0 Å². The number of likely N-dealkylation sites (tertiary alicyclic amines) is 1. The highest BCUT2D eigenvalue weighted by Crippen LogP contribution is 2.32. The van der Waals surface area contributed by atoms with E-state index >= 15 is 0 Å². The van der Waals surface area contributed by atoms with Crippen LogP contribution in [0.3, 0.4) is 0 Å². The second-order valence-corrected chi connectivity index (χ2v) is 5.81. The summed E-state index contributed by atoms with van der Waals surface area (Å²) < 4.78 is 5.53. The summed E-state index contributed by atoms with van der Waals surface area (Å²) in [4.78, 5) is 2.53. The lowest BCUT2D eigenvalue weighted by molar-refractivity contribution is -0.00809. The fourth-order valence-electron chi connectivity index (χ4n) is 2.87. The first-order valence-corrected chi connectivity index (χ1v) is 6.67. The number of ether oxygens (including phenoxy) is 1. The van der Waals surface area contributed by atoms with Crippen molar-refractivity contribution in [2.45, 2.75) is 50.7 Å². The first-order chi connectivity index (χ1) is 7.63. The zero-order valence-electron chi connectivity index (χ0n) is 10.7. The van der Waals surface area contributed by atoms with Crippen molar-refractivity contribution >= 4 is 0 Å². The average Bonchev–Trinajstić information content (AvgIpc) is 2.25. The number of piperidine rings is 1. The van der Waals surface area contributed by atoms with Gasteiger partial charge in [-0.2, -0.15) is 0 Å². The highest BCUT2D eigenvalue weighted by Gasteiger charge is 2.33. The number of nitrogens with two attached hydrogens (primary N) is 1. The third-order valence-electron chi connectivity index (χ3n) is 4.55. The van der Waals surface area contributed by atoms with E-state index in [1.165, 1.54) is 32.2 Å². The van der Waals surface area contributed by atoms with Gasteiger partial charge in [-0.1, -0.05) is 6.92 Å². The minimum atomic E-state index is 0.172. The summed E-state index contributed by atoms with van der Waals surface area (Å²) in [7, 11) is 1.83. The molecule has 0 spiro atoms. The van der Waals surface area contributed by atoms with Crippen LogP contribution in [0.15, 0.2) is 0 Å². The van der Waals surface area contributed by atoms with Crippen LogP contribution in [0.5, 0.6) is 0 Å². The maximum atomic E-state index is 6.26. The molecule has 2 N–H and O–H groups in total. The first kappa shape index (κ1) is 12.3. The molecule has 0 amide bonds. The van der Waals surface area contributed by atoms with Crippen molar-refractivity contribution in [1.82, 2.24) is 4.90 Å². The Hall–Kier alpha value is -0.120. The summed E-state index contributed by atoms with van der Waals surface area (Å²) in [6, 6.07) is 0. The molecule has 2 unspecified atom stereocenters. The second kappa shape index (κ2) is 5.03. The van der Waals surface area contributed by atoms with Gasteiger partial charge in [-0.15, -0.1) is 0 Å². The van der Waals surface area contributed by atoms with Crippen molar-refractivity contribution in [3.63, 3.8) is 0 Å². The largest absolute Gasteiger partial charge is 0.380 e. The molecule has 3 nitrogen and oxygen atoms in total. The summed E-state index contributed by atoms with van der Waals surface area (Å²) in [5, 5.41) is 0. The molecule has 1 saturated carbocycles. The highest BCUT2D eigenvalue weighted by molar-refractivity contribution is 4.93. The topological polar surface area (TPSA) is 38.5 Å². The Morgan fingerprint density at radius 1 is 1.44 bits per heavy atom. The summed E-state index contributed by atoms with van der Waals surface area (Å²) in [6.07, 6.45) is 6.63. The lowest BCUT2D eigenvalue weighted by Crippen LogP contribution is -2.51. The molecular formula is C13H26N2O. The Balaban J connectivity index is 1.73. The number of nitrogens with zero attached hydrogens (tertiary/aromatic N) is 1. The van der Waals surface area contributed by atoms with Crippen LogP contribution in [-0.2, 0) is 4.74 Å². The molecule has 1 saturated heterocycles. The smallest absolute Gasteiger partial charge is 0.0724 e. The summed E-state index contributed by atoms with van der Waals surface area (Å²) >= 11 is 0. The van der Waals surface area contributed by atoms with E-state index in [1.807, 2.05) is 7.11 Å². The Morgan fingerprint density at radius 3 is 2.75 bits per heavy atom. The van der Waals surface area contributed by atoms with Crippen LogP contribution in [0.2, 0.25) is 0 Å². The van der Waals surface area contributed by atoms with Gasteiger partial charge in [0.05, 0.1) is 6.10 Å². The number of hydrogen-bond donors (Lipinski definition) is 1. The quantitative estimate of drug-likeness (QED) is 0.791. The van der Waals surface area contributed by atoms with Crippen LogP contribution in [0.4, 0.5) is 0 Å². The van der Waals surface area contributed by atoms with Gasteiger partial charge in [0, 0.05) is 19.2 Å². The molecule has 2 rings (SSSR count). The van der Waals surface area contributed by atoms with Gasteiger partial charge in [0.1, 0.15) is 0 Å². The lowest BCUT2D eigenvalue weighted by Gasteiger charge is -2.42. The number of methoxy groups -OCH3 is 1. The number of hydrogen-bond acceptors (Lipinski definition) is 3. The van der Waals surface area contributed by atoms with E-state index in [0.717, 1.165) is 19.5 Å². The van der Waals surface area contributed by atoms with Gasteiger partial charge >= 0.3 is 0 Å². The second-order valence-electron chi connectivity index (χ2n) is 5.81. The highest BCUT2D eigenvalue weighted by atomic mass is 16.5. The molecule has 1 aliphatic heterocycles. The first-order valence-electron chi connectivity index (χ1n) is 6.67. The van der Waals surface area contributed by atoms with E-state index in [1.54, 1.807) is 0 Å². The van der Waals surface area contributed by atoms with Crippen LogP contribution >= 0.6 is 0 Å². The van der Waals surface area contributed by atoms with Gasteiger partial charge in [0.25, 0.3) is 0 Å². The van der Waals surface area contributed by atoms with Crippen LogP contribution in [0, 0.1) is 5.92 Å². The van der Waals surface area contributed by atoms with Crippen LogP contribution < -0.4 is 5.73 Å². The van der Waals surface area contributed by atoms with Crippen molar-refractivity contribution in [3.05, 3.63) is 0 Å². The molecule has 16 heavy (non-hydrogen) atoms. The SMILES string of the molecule is COC1CN(CCC2(N)CCC2)CCC1C. The Bertz CT molecular complexity index is 228. The molecule has 0 aromatic heterocycles. The van der Waals surface area contributed by atoms with Crippen LogP contribution in [-0.4, -0.2) is 43.3 Å². The Labute approximate surface area is 99.3 Å². The van der Waals surface area contributed by atoms with Crippen molar-refractivity contribution in [2.24, 2.45) is 11.7 Å². The zero-order chi connectivity index (χ0) is 11.6. The Kier molecular flexibility index (Phi) is 3.88. The molecule has 0 bridgehead atoms. The average molecular weight is 226 g/mol. The molecule has 1 heterocycles. The van der Waals surface area contributed by atoms with E-state index in [4.69, 9.17) is 10.5 Å². The minimum Gasteiger partial charge on any atom is -0.380 e. The summed E-state index contributed by atoms with van der Waals surface area (Å²) in [5.74, 6) is 0.705. The third-order valence-corrected chi connectivity index (χ3v) is 4.55. The fourth-order valence-corrected chi connectivity index (χ4v) is 2.87. The molecule has 0 aromatic carbocycles. The van der Waals surface area contributed by atoms with Crippen LogP contribution in [0.1, 0.15) is 39.0 Å². The zero-order valence-corrected chi connectivity index (χ0v) is 10.7. The third kappa shape index (κ3) is 2.76. The maximum Gasteiger partial charge on any atom is 0.0724 e. The van der Waals surface area contributed by atoms with Crippen molar-refractivity contribution in [2.75, 3.05) is 26.7 Å². The van der Waals surface area contributed by atoms with E-state index < -0.39 is 0 Å². The van der Waals surface area contributed by atoms with Gasteiger partial charge in [-0.05, 0) is 51.1 Å². The van der Waals surface area contributed by atoms with Gasteiger partial charge in [0.15, 0.2) is 0 Å². The monoisotopic (exact) mass is 226 g/mol. The molecule has 1 aliphatic carbocycles. The number of rotatable bonds is 4. The van der Waals surface area contributed by atoms with E-state index in [0.29, 0.717) is 12.0 Å². The molecule has 0 aromatic rings. The normalized spacial score (nSPS) is 34.7. The molecule has 94 valence electrons. The molecule has 2 atom stereocenters. The summed E-state index contributed by atoms with van der Waals surface area (Å²) in [6.45, 7) is 5.76. The predicted molar refractivity (Wildman–Crippen MR) is 66.4 cm³/mol. The maximum absolute atomic E-state index is 6.26. The molecule has 0 radical (unpaired) electrons. The van der Waals surface area contributed by atoms with E-state index in [2.05, 4.69) is 11.8 Å². The molecular weight excluding hydrogens is 200 g/mol. The standard InChI is InChI=1S/C13H26N2O/c1-11-4-8-15(10-12(11)16-2)9-7-13(14)5-3-6-13/h11-12H,3-10,14H2,1-2H3. The molecule has 3 heteroatoms. The van der Waals surface area contributed by atoms with Gasteiger partial charge in [-0.3, -0.25) is 0 Å². The van der Waals surface area contributed by atoms with Crippen molar-refractivity contribution in [3.8, 4) is 0 Å². The van der Waals surface area contributed by atoms with Gasteiger partial charge < -0.3 is 15.4 Å². The fraction of sp³-hybridized carbons (Fsp3) is 1.00. The van der Waals surface area contributed by atoms with E-state index in [-0.39, 0.29) is 5.54 Å². The van der Waals surface area contributed by atoms with Gasteiger partial charge in [-0.25, -0.2) is 0 Å². The molecule has 2 aliphatic rings. The van der Waals surface area contributed by atoms with Crippen molar-refractivity contribution < 1.29 is 4.74 Å². The molecule has 2 fully saturated rings. The Morgan fingerprint density at radius 2 is 2.19 bits per heavy atom.